The fraction of sp³-hybridized carbons (Fsp3) is 0.314. The molecule has 4 aromatic rings. The molecule has 1 aliphatic rings. The minimum Gasteiger partial charge on any atom is -0.400 e. The van der Waals surface area contributed by atoms with Gasteiger partial charge in [-0.15, -0.1) is 11.3 Å². The average molecular weight is 620 g/mol. The molecule has 0 aliphatic carbocycles. The molecule has 3 atom stereocenters. The molecule has 1 aliphatic heterocycles. The molecule has 1 aromatic heterocycles. The first-order valence-corrected chi connectivity index (χ1v) is 15.2. The van der Waals surface area contributed by atoms with Crippen LogP contribution in [0.3, 0.4) is 0 Å². The lowest BCUT2D eigenvalue weighted by Crippen LogP contribution is -2.15. The highest BCUT2D eigenvalue weighted by molar-refractivity contribution is 7.11. The normalized spacial score (nSPS) is 17.2. The fourth-order valence-corrected chi connectivity index (χ4v) is 5.63. The highest BCUT2D eigenvalue weighted by Gasteiger charge is 2.36. The van der Waals surface area contributed by atoms with Gasteiger partial charge in [-0.3, -0.25) is 9.98 Å². The first kappa shape index (κ1) is 36.5. The number of aliphatic imine (C=N–C) groups is 2. The highest BCUT2D eigenvalue weighted by atomic mass is 32.1. The quantitative estimate of drug-likeness (QED) is 0.133. The summed E-state index contributed by atoms with van der Waals surface area (Å²) in [5.74, 6) is 0.857. The van der Waals surface area contributed by atoms with Gasteiger partial charge >= 0.3 is 0 Å². The van der Waals surface area contributed by atoms with Gasteiger partial charge in [0.15, 0.2) is 0 Å². The van der Waals surface area contributed by atoms with Crippen molar-refractivity contribution in [2.24, 2.45) is 21.6 Å². The van der Waals surface area contributed by atoms with E-state index in [4.69, 9.17) is 30.5 Å². The summed E-state index contributed by atoms with van der Waals surface area (Å²) >= 11 is 1.61. The van der Waals surface area contributed by atoms with E-state index in [1.807, 2.05) is 84.2 Å². The molecule has 5 N–H and O–H groups in total. The molecule has 8 nitrogen and oxygen atoms in total. The molecule has 9 heteroatoms. The molecule has 236 valence electrons. The second kappa shape index (κ2) is 21.1. The van der Waals surface area contributed by atoms with Crippen LogP contribution in [0.4, 0.5) is 5.69 Å². The molecule has 0 amide bonds. The zero-order valence-electron chi connectivity index (χ0n) is 25.8. The van der Waals surface area contributed by atoms with Crippen LogP contribution in [0.1, 0.15) is 46.6 Å². The maximum atomic E-state index is 8.54. The van der Waals surface area contributed by atoms with Gasteiger partial charge < -0.3 is 30.5 Å². The molecule has 1 fully saturated rings. The average Bonchev–Trinajstić information content (AvgIpc) is 3.69. The summed E-state index contributed by atoms with van der Waals surface area (Å²) in [5, 5.41) is 26.1. The number of rotatable bonds is 9. The number of benzene rings is 3. The first-order chi connectivity index (χ1) is 21.5. The van der Waals surface area contributed by atoms with Gasteiger partial charge in [0.2, 0.25) is 0 Å². The van der Waals surface area contributed by atoms with Gasteiger partial charge in [-0.2, -0.15) is 0 Å². The molecule has 0 spiro atoms. The third kappa shape index (κ3) is 11.8. The minimum atomic E-state index is -0.00997. The third-order valence-corrected chi connectivity index (χ3v) is 7.72. The SMILES string of the molecule is C=Nc1c(C(N)=NC)csc1C1OC(COCc2ccccc2)CC1C.CO.OCc1ccccc1.OCc1ccccc1. The van der Waals surface area contributed by atoms with E-state index in [0.29, 0.717) is 25.0 Å². The van der Waals surface area contributed by atoms with E-state index in [1.54, 1.807) is 18.4 Å². The van der Waals surface area contributed by atoms with Crippen molar-refractivity contribution in [2.75, 3.05) is 20.8 Å². The van der Waals surface area contributed by atoms with Crippen LogP contribution in [-0.4, -0.2) is 54.7 Å². The van der Waals surface area contributed by atoms with Gasteiger partial charge in [0, 0.05) is 19.5 Å². The number of nitrogens with zero attached hydrogens (tertiary/aromatic N) is 2. The zero-order chi connectivity index (χ0) is 32.2. The number of nitrogens with two attached hydrogens (primary N) is 1. The summed E-state index contributed by atoms with van der Waals surface area (Å²) in [6.45, 7) is 7.37. The van der Waals surface area contributed by atoms with E-state index < -0.39 is 0 Å². The summed E-state index contributed by atoms with van der Waals surface area (Å²) in [4.78, 5) is 9.33. The smallest absolute Gasteiger partial charge is 0.128 e. The number of ether oxygens (including phenoxy) is 2. The van der Waals surface area contributed by atoms with Crippen LogP contribution >= 0.6 is 11.3 Å². The first-order valence-electron chi connectivity index (χ1n) is 14.3. The Hall–Kier alpha value is -3.70. The van der Waals surface area contributed by atoms with Gasteiger partial charge in [-0.1, -0.05) is 97.9 Å². The largest absolute Gasteiger partial charge is 0.400 e. The second-order valence-corrected chi connectivity index (χ2v) is 10.7. The maximum absolute atomic E-state index is 8.54. The van der Waals surface area contributed by atoms with Crippen molar-refractivity contribution in [3.63, 3.8) is 0 Å². The predicted octanol–water partition coefficient (Wildman–Crippen LogP) is 6.06. The molecule has 1 saturated heterocycles. The Morgan fingerprint density at radius 3 is 1.84 bits per heavy atom. The second-order valence-electron chi connectivity index (χ2n) is 9.81. The van der Waals surface area contributed by atoms with E-state index >= 15 is 0 Å². The zero-order valence-corrected chi connectivity index (χ0v) is 26.6. The lowest BCUT2D eigenvalue weighted by molar-refractivity contribution is -0.0225. The molecular weight excluding hydrogens is 574 g/mol. The molecule has 5 rings (SSSR count). The Morgan fingerprint density at radius 2 is 1.41 bits per heavy atom. The van der Waals surface area contributed by atoms with E-state index in [1.165, 1.54) is 5.56 Å². The number of thiophene rings is 1. The number of aliphatic hydroxyl groups is 3. The Morgan fingerprint density at radius 1 is 0.909 bits per heavy atom. The summed E-state index contributed by atoms with van der Waals surface area (Å²) < 4.78 is 12.1. The number of amidine groups is 1. The van der Waals surface area contributed by atoms with Crippen molar-refractivity contribution < 1.29 is 24.8 Å². The lowest BCUT2D eigenvalue weighted by atomic mass is 9.99. The summed E-state index contributed by atoms with van der Waals surface area (Å²) in [7, 11) is 2.67. The summed E-state index contributed by atoms with van der Waals surface area (Å²) in [6, 6.07) is 29.2. The van der Waals surface area contributed by atoms with E-state index in [-0.39, 0.29) is 25.4 Å². The molecule has 2 heterocycles. The van der Waals surface area contributed by atoms with Crippen molar-refractivity contribution in [2.45, 2.75) is 45.4 Å². The van der Waals surface area contributed by atoms with Crippen LogP contribution in [0.25, 0.3) is 0 Å². The molecule has 44 heavy (non-hydrogen) atoms. The fourth-order valence-electron chi connectivity index (χ4n) is 4.45. The standard InChI is InChI=1S/C20H25N3O2S.2C7H8O.CH4O/c1-13-9-15(11-24-10-14-7-5-4-6-8-14)25-18(13)19-17(22-2)16(12-26-19)20(21)23-3;2*8-6-7-4-2-1-3-5-7;1-2/h4-8,12-13,15,18H,2,9-11H2,1,3H3,(H2,21,23);2*1-5,8H,6H2;2H,1H3. The van der Waals surface area contributed by atoms with Crippen molar-refractivity contribution in [3.05, 3.63) is 124 Å². The van der Waals surface area contributed by atoms with E-state index in [0.717, 1.165) is 40.8 Å². The lowest BCUT2D eigenvalue weighted by Gasteiger charge is -2.15. The van der Waals surface area contributed by atoms with Crippen LogP contribution < -0.4 is 5.73 Å². The Labute approximate surface area is 265 Å². The third-order valence-electron chi connectivity index (χ3n) is 6.68. The number of aliphatic hydroxyl groups excluding tert-OH is 3. The molecule has 0 bridgehead atoms. The molecular formula is C35H45N3O5S. The predicted molar refractivity (Wildman–Crippen MR) is 181 cm³/mol. The van der Waals surface area contributed by atoms with Crippen molar-refractivity contribution in [3.8, 4) is 0 Å². The van der Waals surface area contributed by atoms with Gasteiger partial charge in [0.1, 0.15) is 5.84 Å². The van der Waals surface area contributed by atoms with Crippen LogP contribution in [0.5, 0.6) is 0 Å². The Balaban J connectivity index is 0.000000304. The van der Waals surface area contributed by atoms with Crippen LogP contribution in [0, 0.1) is 5.92 Å². The number of hydrogen-bond donors (Lipinski definition) is 4. The summed E-state index contributed by atoms with van der Waals surface area (Å²) in [6.07, 6.45) is 1.03. The molecule has 3 unspecified atom stereocenters. The minimum absolute atomic E-state index is 0.00997. The highest BCUT2D eigenvalue weighted by Crippen LogP contribution is 2.45. The Bertz CT molecular complexity index is 1310. The van der Waals surface area contributed by atoms with Crippen molar-refractivity contribution in [1.29, 1.82) is 0 Å². The molecule has 3 aromatic carbocycles. The van der Waals surface area contributed by atoms with Gasteiger partial charge in [0.25, 0.3) is 0 Å². The van der Waals surface area contributed by atoms with E-state index in [2.05, 4.69) is 35.8 Å². The van der Waals surface area contributed by atoms with Gasteiger partial charge in [-0.05, 0) is 35.7 Å². The van der Waals surface area contributed by atoms with Crippen LogP contribution in [0.2, 0.25) is 0 Å². The van der Waals surface area contributed by atoms with Crippen LogP contribution in [0.15, 0.2) is 106 Å². The molecule has 0 saturated carbocycles. The van der Waals surface area contributed by atoms with Crippen molar-refractivity contribution >= 4 is 29.6 Å². The Kier molecular flexibility index (Phi) is 17.5. The topological polar surface area (TPSA) is 130 Å². The van der Waals surface area contributed by atoms with Crippen molar-refractivity contribution in [1.82, 2.24) is 0 Å². The van der Waals surface area contributed by atoms with E-state index in [9.17, 15) is 0 Å². The monoisotopic (exact) mass is 619 g/mol. The van der Waals surface area contributed by atoms with Crippen LogP contribution in [-0.2, 0) is 29.3 Å². The summed E-state index contributed by atoms with van der Waals surface area (Å²) in [5.41, 5.74) is 10.7. The number of hydrogen-bond acceptors (Lipinski definition) is 8. The maximum Gasteiger partial charge on any atom is 0.128 e. The van der Waals surface area contributed by atoms with Gasteiger partial charge in [0.05, 0.1) is 54.8 Å². The van der Waals surface area contributed by atoms with Gasteiger partial charge in [-0.25, -0.2) is 0 Å². The molecule has 0 radical (unpaired) electrons.